The molecule has 0 spiro atoms. The van der Waals surface area contributed by atoms with Gasteiger partial charge in [-0.15, -0.1) is 0 Å². The Morgan fingerprint density at radius 1 is 1.35 bits per heavy atom. The molecule has 0 aromatic heterocycles. The number of anilines is 1. The molecule has 0 saturated heterocycles. The summed E-state index contributed by atoms with van der Waals surface area (Å²) in [4.78, 5) is 11.8. The molecule has 1 aromatic rings. The van der Waals surface area contributed by atoms with Crippen molar-refractivity contribution >= 4 is 11.6 Å². The molecule has 0 aliphatic carbocycles. The third kappa shape index (κ3) is 4.97. The van der Waals surface area contributed by atoms with Crippen LogP contribution in [0.25, 0.3) is 0 Å². The van der Waals surface area contributed by atoms with E-state index in [-0.39, 0.29) is 11.9 Å². The molecule has 17 heavy (non-hydrogen) atoms. The highest BCUT2D eigenvalue weighted by Crippen LogP contribution is 2.08. The van der Waals surface area contributed by atoms with Crippen molar-refractivity contribution in [1.29, 1.82) is 0 Å². The minimum atomic E-state index is -0.230. The van der Waals surface area contributed by atoms with Gasteiger partial charge in [0.15, 0.2) is 0 Å². The van der Waals surface area contributed by atoms with Gasteiger partial charge in [0.25, 0.3) is 0 Å². The number of hydrogen-bond acceptors (Lipinski definition) is 3. The smallest absolute Gasteiger partial charge is 0.241 e. The molecule has 0 aliphatic heterocycles. The molecule has 0 heterocycles. The summed E-state index contributed by atoms with van der Waals surface area (Å²) in [6, 6.07) is 7.51. The van der Waals surface area contributed by atoms with Crippen molar-refractivity contribution in [1.82, 2.24) is 5.32 Å². The summed E-state index contributed by atoms with van der Waals surface area (Å²) < 4.78 is 4.91. The van der Waals surface area contributed by atoms with Crippen LogP contribution in [0, 0.1) is 6.92 Å². The number of amides is 1. The fraction of sp³-hybridized carbons (Fsp3) is 0.462. The predicted molar refractivity (Wildman–Crippen MR) is 69.1 cm³/mol. The first kappa shape index (κ1) is 13.7. The van der Waals surface area contributed by atoms with E-state index in [9.17, 15) is 4.79 Å². The SMILES string of the molecule is COCCNC(C)C(=O)Nc1ccc(C)cc1. The van der Waals surface area contributed by atoms with E-state index in [4.69, 9.17) is 4.74 Å². The van der Waals surface area contributed by atoms with E-state index in [0.717, 1.165) is 5.69 Å². The molecule has 1 amide bonds. The Kier molecular flexibility index (Phi) is 5.66. The van der Waals surface area contributed by atoms with Crippen molar-refractivity contribution < 1.29 is 9.53 Å². The Bertz CT molecular complexity index is 349. The second-order valence-electron chi connectivity index (χ2n) is 4.02. The number of methoxy groups -OCH3 is 1. The highest BCUT2D eigenvalue weighted by atomic mass is 16.5. The molecule has 4 heteroatoms. The molecule has 0 bridgehead atoms. The molecule has 0 aliphatic rings. The topological polar surface area (TPSA) is 50.4 Å². The fourth-order valence-electron chi connectivity index (χ4n) is 1.36. The summed E-state index contributed by atoms with van der Waals surface area (Å²) in [5.41, 5.74) is 2.00. The molecule has 1 aromatic carbocycles. The summed E-state index contributed by atoms with van der Waals surface area (Å²) in [6.07, 6.45) is 0. The van der Waals surface area contributed by atoms with E-state index in [1.165, 1.54) is 5.56 Å². The molecular weight excluding hydrogens is 216 g/mol. The summed E-state index contributed by atoms with van der Waals surface area (Å²) in [7, 11) is 1.64. The molecule has 2 N–H and O–H groups in total. The van der Waals surface area contributed by atoms with Crippen LogP contribution in [0.5, 0.6) is 0 Å². The van der Waals surface area contributed by atoms with Crippen LogP contribution in [0.3, 0.4) is 0 Å². The maximum Gasteiger partial charge on any atom is 0.241 e. The Hall–Kier alpha value is -1.39. The number of hydrogen-bond donors (Lipinski definition) is 2. The summed E-state index contributed by atoms with van der Waals surface area (Å²) in [5, 5.41) is 5.93. The highest BCUT2D eigenvalue weighted by Gasteiger charge is 2.11. The molecule has 0 fully saturated rings. The van der Waals surface area contributed by atoms with Gasteiger partial charge >= 0.3 is 0 Å². The van der Waals surface area contributed by atoms with Gasteiger partial charge in [0.2, 0.25) is 5.91 Å². The second kappa shape index (κ2) is 7.04. The monoisotopic (exact) mass is 236 g/mol. The lowest BCUT2D eigenvalue weighted by molar-refractivity contribution is -0.117. The number of aryl methyl sites for hydroxylation is 1. The van der Waals surface area contributed by atoms with Crippen LogP contribution in [0.1, 0.15) is 12.5 Å². The molecule has 1 rings (SSSR count). The highest BCUT2D eigenvalue weighted by molar-refractivity contribution is 5.94. The maximum atomic E-state index is 11.8. The van der Waals surface area contributed by atoms with Gasteiger partial charge in [-0.3, -0.25) is 4.79 Å². The second-order valence-corrected chi connectivity index (χ2v) is 4.02. The standard InChI is InChI=1S/C13H20N2O2/c1-10-4-6-12(7-5-10)15-13(16)11(2)14-8-9-17-3/h4-7,11,14H,8-9H2,1-3H3,(H,15,16). The number of carbonyl (C=O) groups excluding carboxylic acids is 1. The van der Waals surface area contributed by atoms with Crippen LogP contribution in [-0.4, -0.2) is 32.2 Å². The van der Waals surface area contributed by atoms with Crippen molar-refractivity contribution in [2.75, 3.05) is 25.6 Å². The van der Waals surface area contributed by atoms with E-state index in [2.05, 4.69) is 10.6 Å². The normalized spacial score (nSPS) is 12.2. The van der Waals surface area contributed by atoms with Gasteiger partial charge in [0.1, 0.15) is 0 Å². The Balaban J connectivity index is 2.40. The third-order valence-electron chi connectivity index (χ3n) is 2.47. The third-order valence-corrected chi connectivity index (χ3v) is 2.47. The van der Waals surface area contributed by atoms with Gasteiger partial charge in [-0.25, -0.2) is 0 Å². The summed E-state index contributed by atoms with van der Waals surface area (Å²) >= 11 is 0. The molecule has 94 valence electrons. The predicted octanol–water partition coefficient (Wildman–Crippen LogP) is 1.56. The lowest BCUT2D eigenvalue weighted by Gasteiger charge is -2.13. The van der Waals surface area contributed by atoms with Crippen molar-refractivity contribution in [3.8, 4) is 0 Å². The minimum absolute atomic E-state index is 0.0371. The van der Waals surface area contributed by atoms with Gasteiger partial charge in [0.05, 0.1) is 12.6 Å². The average molecular weight is 236 g/mol. The summed E-state index contributed by atoms with van der Waals surface area (Å²) in [6.45, 7) is 5.11. The Morgan fingerprint density at radius 3 is 2.59 bits per heavy atom. The zero-order valence-corrected chi connectivity index (χ0v) is 10.6. The summed E-state index contributed by atoms with van der Waals surface area (Å²) in [5.74, 6) is -0.0371. The van der Waals surface area contributed by atoms with E-state index in [1.54, 1.807) is 7.11 Å². The zero-order chi connectivity index (χ0) is 12.7. The van der Waals surface area contributed by atoms with Crippen LogP contribution in [-0.2, 0) is 9.53 Å². The van der Waals surface area contributed by atoms with Crippen LogP contribution < -0.4 is 10.6 Å². The number of ether oxygens (including phenoxy) is 1. The van der Waals surface area contributed by atoms with Gasteiger partial charge in [-0.05, 0) is 26.0 Å². The molecule has 4 nitrogen and oxygen atoms in total. The minimum Gasteiger partial charge on any atom is -0.383 e. The van der Waals surface area contributed by atoms with Gasteiger partial charge < -0.3 is 15.4 Å². The molecular formula is C13H20N2O2. The van der Waals surface area contributed by atoms with Gasteiger partial charge in [-0.1, -0.05) is 17.7 Å². The maximum absolute atomic E-state index is 11.8. The first-order valence-electron chi connectivity index (χ1n) is 5.73. The van der Waals surface area contributed by atoms with Crippen molar-refractivity contribution in [2.24, 2.45) is 0 Å². The van der Waals surface area contributed by atoms with Crippen LogP contribution >= 0.6 is 0 Å². The van der Waals surface area contributed by atoms with Gasteiger partial charge in [-0.2, -0.15) is 0 Å². The van der Waals surface area contributed by atoms with E-state index < -0.39 is 0 Å². The van der Waals surface area contributed by atoms with Gasteiger partial charge in [0, 0.05) is 19.3 Å². The van der Waals surface area contributed by atoms with Crippen molar-refractivity contribution in [3.63, 3.8) is 0 Å². The Morgan fingerprint density at radius 2 is 2.00 bits per heavy atom. The number of nitrogens with one attached hydrogen (secondary N) is 2. The van der Waals surface area contributed by atoms with Crippen molar-refractivity contribution in [2.45, 2.75) is 19.9 Å². The first-order valence-corrected chi connectivity index (χ1v) is 5.73. The largest absolute Gasteiger partial charge is 0.383 e. The molecule has 0 radical (unpaired) electrons. The number of carbonyl (C=O) groups is 1. The van der Waals surface area contributed by atoms with Crippen LogP contribution in [0.4, 0.5) is 5.69 Å². The lowest BCUT2D eigenvalue weighted by Crippen LogP contribution is -2.39. The van der Waals surface area contributed by atoms with E-state index in [1.807, 2.05) is 38.1 Å². The number of benzene rings is 1. The molecule has 1 atom stereocenters. The molecule has 1 unspecified atom stereocenters. The molecule has 0 saturated carbocycles. The van der Waals surface area contributed by atoms with Crippen LogP contribution in [0.2, 0.25) is 0 Å². The lowest BCUT2D eigenvalue weighted by atomic mass is 10.2. The van der Waals surface area contributed by atoms with Crippen LogP contribution in [0.15, 0.2) is 24.3 Å². The van der Waals surface area contributed by atoms with E-state index in [0.29, 0.717) is 13.2 Å². The van der Waals surface area contributed by atoms with E-state index >= 15 is 0 Å². The Labute approximate surface area is 102 Å². The first-order chi connectivity index (χ1) is 8.13. The quantitative estimate of drug-likeness (QED) is 0.737. The number of rotatable bonds is 6. The van der Waals surface area contributed by atoms with Crippen molar-refractivity contribution in [3.05, 3.63) is 29.8 Å². The zero-order valence-electron chi connectivity index (χ0n) is 10.6. The fourth-order valence-corrected chi connectivity index (χ4v) is 1.36. The average Bonchev–Trinajstić information content (AvgIpc) is 2.32.